The van der Waals surface area contributed by atoms with Gasteiger partial charge in [-0.15, -0.1) is 11.3 Å². The Bertz CT molecular complexity index is 1010. The Morgan fingerprint density at radius 3 is 2.06 bits per heavy atom. The van der Waals surface area contributed by atoms with Gasteiger partial charge in [-0.1, -0.05) is 6.07 Å². The monoisotopic (exact) mass is 465 g/mol. The van der Waals surface area contributed by atoms with Crippen molar-refractivity contribution in [3.05, 3.63) is 76.5 Å². The van der Waals surface area contributed by atoms with E-state index in [-0.39, 0.29) is 18.0 Å². The average Bonchev–Trinajstić information content (AvgIpc) is 3.39. The molecule has 0 radical (unpaired) electrons. The number of nitrogens with zero attached hydrogens (tertiary/aromatic N) is 2. The highest BCUT2D eigenvalue weighted by atomic mass is 32.1. The molecule has 4 rings (SSSR count). The number of thiophene rings is 1. The fourth-order valence-electron chi connectivity index (χ4n) is 4.36. The van der Waals surface area contributed by atoms with Crippen LogP contribution in [-0.2, 0) is 0 Å². The van der Waals surface area contributed by atoms with E-state index in [4.69, 9.17) is 9.47 Å². The molecule has 6 nitrogen and oxygen atoms in total. The van der Waals surface area contributed by atoms with Crippen LogP contribution in [0.4, 0.5) is 5.69 Å². The number of ether oxygens (including phenoxy) is 2. The first-order valence-electron chi connectivity index (χ1n) is 11.2. The molecule has 1 amide bonds. The molecule has 33 heavy (non-hydrogen) atoms. The average molecular weight is 466 g/mol. The number of piperazine rings is 1. The van der Waals surface area contributed by atoms with E-state index in [9.17, 15) is 4.79 Å². The van der Waals surface area contributed by atoms with Crippen LogP contribution in [0.2, 0.25) is 0 Å². The van der Waals surface area contributed by atoms with E-state index < -0.39 is 0 Å². The van der Waals surface area contributed by atoms with Crippen molar-refractivity contribution in [2.75, 3.05) is 45.3 Å². The van der Waals surface area contributed by atoms with Crippen LogP contribution in [0.1, 0.15) is 28.2 Å². The second-order valence-electron chi connectivity index (χ2n) is 8.17. The van der Waals surface area contributed by atoms with Crippen molar-refractivity contribution in [3.8, 4) is 11.5 Å². The molecule has 3 aromatic rings. The van der Waals surface area contributed by atoms with E-state index in [2.05, 4.69) is 51.7 Å². The molecule has 0 saturated carbocycles. The van der Waals surface area contributed by atoms with Gasteiger partial charge in [0, 0.05) is 48.3 Å². The van der Waals surface area contributed by atoms with Crippen molar-refractivity contribution in [1.29, 1.82) is 0 Å². The maximum absolute atomic E-state index is 12.9. The van der Waals surface area contributed by atoms with Crippen LogP contribution in [0.15, 0.2) is 66.0 Å². The molecule has 1 N–H and O–H groups in total. The highest BCUT2D eigenvalue weighted by Crippen LogP contribution is 2.30. The number of carbonyl (C=O) groups is 1. The Balaban J connectivity index is 1.43. The second-order valence-corrected chi connectivity index (χ2v) is 9.15. The number of amides is 1. The van der Waals surface area contributed by atoms with E-state index in [0.29, 0.717) is 5.56 Å². The van der Waals surface area contributed by atoms with Crippen LogP contribution < -0.4 is 19.7 Å². The second kappa shape index (κ2) is 10.7. The van der Waals surface area contributed by atoms with Crippen molar-refractivity contribution in [1.82, 2.24) is 10.2 Å². The molecule has 7 heteroatoms. The SMILES string of the molecule is COc1ccc(C(=O)N[C@H](C)[C@H](c2cccs2)N2CCN(c3ccc(OC)cc3)CC2)cc1. The van der Waals surface area contributed by atoms with Gasteiger partial charge < -0.3 is 19.7 Å². The predicted molar refractivity (Wildman–Crippen MR) is 134 cm³/mol. The summed E-state index contributed by atoms with van der Waals surface area (Å²) in [6, 6.07) is 19.8. The molecular formula is C26H31N3O3S. The lowest BCUT2D eigenvalue weighted by Crippen LogP contribution is -2.52. The van der Waals surface area contributed by atoms with Crippen LogP contribution in [0.3, 0.4) is 0 Å². The highest BCUT2D eigenvalue weighted by Gasteiger charge is 2.31. The third kappa shape index (κ3) is 5.49. The van der Waals surface area contributed by atoms with Gasteiger partial charge in [0.15, 0.2) is 0 Å². The number of methoxy groups -OCH3 is 2. The van der Waals surface area contributed by atoms with Crippen LogP contribution in [0.25, 0.3) is 0 Å². The molecule has 0 bridgehead atoms. The summed E-state index contributed by atoms with van der Waals surface area (Å²) in [7, 11) is 3.31. The van der Waals surface area contributed by atoms with Gasteiger partial charge in [0.05, 0.1) is 20.3 Å². The Hall–Kier alpha value is -3.03. The van der Waals surface area contributed by atoms with E-state index in [1.54, 1.807) is 37.7 Å². The first-order chi connectivity index (χ1) is 16.1. The number of nitrogens with one attached hydrogen (secondary N) is 1. The molecule has 1 aromatic heterocycles. The zero-order chi connectivity index (χ0) is 23.2. The summed E-state index contributed by atoms with van der Waals surface area (Å²) < 4.78 is 10.5. The summed E-state index contributed by atoms with van der Waals surface area (Å²) in [6.45, 7) is 5.83. The lowest BCUT2D eigenvalue weighted by Gasteiger charge is -2.42. The molecule has 2 heterocycles. The van der Waals surface area contributed by atoms with Crippen LogP contribution >= 0.6 is 11.3 Å². The van der Waals surface area contributed by atoms with Gasteiger partial charge in [-0.05, 0) is 66.9 Å². The molecular weight excluding hydrogens is 434 g/mol. The topological polar surface area (TPSA) is 54.0 Å². The van der Waals surface area contributed by atoms with Gasteiger partial charge in [0.2, 0.25) is 0 Å². The molecule has 1 aliphatic heterocycles. The van der Waals surface area contributed by atoms with Crippen molar-refractivity contribution in [3.63, 3.8) is 0 Å². The quantitative estimate of drug-likeness (QED) is 0.533. The molecule has 1 saturated heterocycles. The summed E-state index contributed by atoms with van der Waals surface area (Å²) in [4.78, 5) is 19.1. The van der Waals surface area contributed by atoms with E-state index >= 15 is 0 Å². The molecule has 1 fully saturated rings. The molecule has 2 aromatic carbocycles. The van der Waals surface area contributed by atoms with E-state index in [0.717, 1.165) is 37.7 Å². The zero-order valence-electron chi connectivity index (χ0n) is 19.4. The summed E-state index contributed by atoms with van der Waals surface area (Å²) in [6.07, 6.45) is 0. The minimum atomic E-state index is -0.0661. The lowest BCUT2D eigenvalue weighted by atomic mass is 10.0. The minimum Gasteiger partial charge on any atom is -0.497 e. The fraction of sp³-hybridized carbons (Fsp3) is 0.346. The predicted octanol–water partition coefficient (Wildman–Crippen LogP) is 4.45. The van der Waals surface area contributed by atoms with Crippen LogP contribution in [0.5, 0.6) is 11.5 Å². The Kier molecular flexibility index (Phi) is 7.52. The zero-order valence-corrected chi connectivity index (χ0v) is 20.2. The first kappa shape index (κ1) is 23.1. The molecule has 174 valence electrons. The smallest absolute Gasteiger partial charge is 0.251 e. The van der Waals surface area contributed by atoms with Gasteiger partial charge in [-0.2, -0.15) is 0 Å². The van der Waals surface area contributed by atoms with Gasteiger partial charge in [-0.25, -0.2) is 0 Å². The van der Waals surface area contributed by atoms with Crippen molar-refractivity contribution in [2.24, 2.45) is 0 Å². The molecule has 2 atom stereocenters. The van der Waals surface area contributed by atoms with Crippen molar-refractivity contribution in [2.45, 2.75) is 19.0 Å². The maximum Gasteiger partial charge on any atom is 0.251 e. The summed E-state index contributed by atoms with van der Waals surface area (Å²) in [5.74, 6) is 1.55. The van der Waals surface area contributed by atoms with Crippen LogP contribution in [0, 0.1) is 0 Å². The Morgan fingerprint density at radius 1 is 0.909 bits per heavy atom. The molecule has 0 unspecified atom stereocenters. The third-order valence-corrected chi connectivity index (χ3v) is 7.11. The van der Waals surface area contributed by atoms with E-state index in [1.807, 2.05) is 24.3 Å². The van der Waals surface area contributed by atoms with Gasteiger partial charge >= 0.3 is 0 Å². The van der Waals surface area contributed by atoms with Crippen LogP contribution in [-0.4, -0.2) is 57.2 Å². The normalized spacial score (nSPS) is 16.2. The molecule has 1 aliphatic rings. The standard InChI is InChI=1S/C26H31N3O3S/c1-19(27-26(30)20-6-10-22(31-2)11-7-20)25(24-5-4-18-33-24)29-16-14-28(15-17-29)21-8-12-23(32-3)13-9-21/h4-13,18-19,25H,14-17H2,1-3H3,(H,27,30)/t19-,25-/m1/s1. The highest BCUT2D eigenvalue weighted by molar-refractivity contribution is 7.10. The van der Waals surface area contributed by atoms with Gasteiger partial charge in [0.25, 0.3) is 5.91 Å². The number of benzene rings is 2. The Morgan fingerprint density at radius 2 is 1.52 bits per heavy atom. The number of hydrogen-bond acceptors (Lipinski definition) is 6. The van der Waals surface area contributed by atoms with Crippen molar-refractivity contribution < 1.29 is 14.3 Å². The minimum absolute atomic E-state index is 0.0363. The van der Waals surface area contributed by atoms with Gasteiger partial charge in [-0.3, -0.25) is 9.69 Å². The number of carbonyl (C=O) groups excluding carboxylic acids is 1. The van der Waals surface area contributed by atoms with E-state index in [1.165, 1.54) is 10.6 Å². The fourth-order valence-corrected chi connectivity index (χ4v) is 5.33. The largest absolute Gasteiger partial charge is 0.497 e. The number of anilines is 1. The van der Waals surface area contributed by atoms with Gasteiger partial charge in [0.1, 0.15) is 11.5 Å². The third-order valence-electron chi connectivity index (χ3n) is 6.16. The van der Waals surface area contributed by atoms with Crippen molar-refractivity contribution >= 4 is 22.9 Å². The summed E-state index contributed by atoms with van der Waals surface area (Å²) >= 11 is 1.75. The molecule has 0 spiro atoms. The lowest BCUT2D eigenvalue weighted by molar-refractivity contribution is 0.0890. The summed E-state index contributed by atoms with van der Waals surface area (Å²) in [5.41, 5.74) is 1.85. The number of rotatable bonds is 8. The maximum atomic E-state index is 12.9. The Labute approximate surface area is 199 Å². The summed E-state index contributed by atoms with van der Waals surface area (Å²) in [5, 5.41) is 5.34. The first-order valence-corrected chi connectivity index (χ1v) is 12.1. The molecule has 0 aliphatic carbocycles. The number of hydrogen-bond donors (Lipinski definition) is 1.